The van der Waals surface area contributed by atoms with Gasteiger partial charge in [0.2, 0.25) is 15.9 Å². The number of carbonyl (C=O) groups excluding carboxylic acids is 1. The molecular weight excluding hydrogens is 300 g/mol. The van der Waals surface area contributed by atoms with Crippen LogP contribution in [0, 0.1) is 23.2 Å². The Morgan fingerprint density at radius 3 is 1.91 bits per heavy atom. The first-order chi connectivity index (χ1) is 10.2. The molecule has 2 unspecified atom stereocenters. The smallest absolute Gasteiger partial charge is 0.238 e. The second-order valence-electron chi connectivity index (χ2n) is 8.12. The van der Waals surface area contributed by atoms with E-state index in [-0.39, 0.29) is 17.4 Å². The summed E-state index contributed by atoms with van der Waals surface area (Å²) in [5.74, 6) is 2.32. The molecule has 2 N–H and O–H groups in total. The van der Waals surface area contributed by atoms with Gasteiger partial charge in [0.1, 0.15) is 0 Å². The van der Waals surface area contributed by atoms with Crippen molar-refractivity contribution in [2.45, 2.75) is 64.5 Å². The van der Waals surface area contributed by atoms with Crippen molar-refractivity contribution in [2.24, 2.45) is 23.2 Å². The van der Waals surface area contributed by atoms with Crippen LogP contribution in [0.2, 0.25) is 0 Å². The Morgan fingerprint density at radius 2 is 1.50 bits per heavy atom. The molecule has 22 heavy (non-hydrogen) atoms. The first kappa shape index (κ1) is 16.2. The van der Waals surface area contributed by atoms with Crippen LogP contribution in [0.15, 0.2) is 0 Å². The second kappa shape index (κ2) is 5.48. The number of hydrogen-bond acceptors (Lipinski definition) is 3. The minimum atomic E-state index is -3.36. The summed E-state index contributed by atoms with van der Waals surface area (Å²) >= 11 is 0. The predicted octanol–water partition coefficient (Wildman–Crippen LogP) is 1.65. The molecule has 4 aliphatic carbocycles. The average molecular weight is 328 g/mol. The molecule has 0 aromatic carbocycles. The fourth-order valence-electron chi connectivity index (χ4n) is 5.57. The van der Waals surface area contributed by atoms with Gasteiger partial charge in [-0.3, -0.25) is 4.79 Å². The van der Waals surface area contributed by atoms with Crippen molar-refractivity contribution in [3.05, 3.63) is 0 Å². The zero-order valence-corrected chi connectivity index (χ0v) is 14.6. The van der Waals surface area contributed by atoms with E-state index in [1.807, 2.05) is 0 Å². The molecule has 4 fully saturated rings. The third-order valence-corrected chi connectivity index (χ3v) is 6.93. The maximum absolute atomic E-state index is 12.3. The molecule has 2 atom stereocenters. The van der Waals surface area contributed by atoms with Crippen LogP contribution in [0.3, 0.4) is 0 Å². The van der Waals surface area contributed by atoms with Gasteiger partial charge in [0.05, 0.1) is 12.3 Å². The Labute approximate surface area is 133 Å². The van der Waals surface area contributed by atoms with Gasteiger partial charge in [-0.15, -0.1) is 0 Å². The van der Waals surface area contributed by atoms with Crippen molar-refractivity contribution in [1.82, 2.24) is 10.0 Å². The first-order valence-electron chi connectivity index (χ1n) is 8.44. The van der Waals surface area contributed by atoms with Crippen molar-refractivity contribution in [1.29, 1.82) is 0 Å². The van der Waals surface area contributed by atoms with Crippen molar-refractivity contribution < 1.29 is 13.2 Å². The highest BCUT2D eigenvalue weighted by Gasteiger charge is 2.53. The second-order valence-corrected chi connectivity index (χ2v) is 9.90. The van der Waals surface area contributed by atoms with Crippen LogP contribution < -0.4 is 10.0 Å². The lowest BCUT2D eigenvalue weighted by Crippen LogP contribution is -2.58. The standard InChI is InChI=1S/C16H28N2O3S/c1-10(18-22(3,20)21)15(19)17-11(2)16-7-12-4-13(8-16)6-14(5-12)9-16/h10-14,18H,4-9H2,1-3H3,(H,17,19). The van der Waals surface area contributed by atoms with Crippen LogP contribution in [-0.2, 0) is 14.8 Å². The molecule has 0 aromatic heterocycles. The summed E-state index contributed by atoms with van der Waals surface area (Å²) in [6.07, 6.45) is 8.92. The summed E-state index contributed by atoms with van der Waals surface area (Å²) < 4.78 is 24.9. The SMILES string of the molecule is CC(NS(C)(=O)=O)C(=O)NC(C)C12CC3CC(CC(C3)C1)C2. The molecule has 5 nitrogen and oxygen atoms in total. The molecule has 4 aliphatic rings. The molecule has 4 bridgehead atoms. The van der Waals surface area contributed by atoms with Crippen LogP contribution >= 0.6 is 0 Å². The topological polar surface area (TPSA) is 75.3 Å². The van der Waals surface area contributed by atoms with Crippen molar-refractivity contribution in [2.75, 3.05) is 6.26 Å². The summed E-state index contributed by atoms with van der Waals surface area (Å²) in [5, 5.41) is 3.09. The van der Waals surface area contributed by atoms with Gasteiger partial charge in [-0.2, -0.15) is 0 Å². The zero-order valence-electron chi connectivity index (χ0n) is 13.8. The van der Waals surface area contributed by atoms with Gasteiger partial charge in [-0.25, -0.2) is 13.1 Å². The van der Waals surface area contributed by atoms with Crippen molar-refractivity contribution in [3.8, 4) is 0 Å². The molecule has 0 spiro atoms. The van der Waals surface area contributed by atoms with Crippen LogP contribution in [0.25, 0.3) is 0 Å². The lowest BCUT2D eigenvalue weighted by molar-refractivity contribution is -0.127. The molecule has 6 heteroatoms. The van der Waals surface area contributed by atoms with Crippen LogP contribution in [0.5, 0.6) is 0 Å². The molecule has 4 saturated carbocycles. The molecule has 0 heterocycles. The minimum absolute atomic E-state index is 0.122. The first-order valence-corrected chi connectivity index (χ1v) is 10.3. The third kappa shape index (κ3) is 3.18. The van der Waals surface area contributed by atoms with E-state index in [9.17, 15) is 13.2 Å². The Hall–Kier alpha value is -0.620. The fraction of sp³-hybridized carbons (Fsp3) is 0.938. The van der Waals surface area contributed by atoms with Gasteiger partial charge in [0.15, 0.2) is 0 Å². The molecular formula is C16H28N2O3S. The summed E-state index contributed by atoms with van der Waals surface area (Å²) in [4.78, 5) is 12.3. The van der Waals surface area contributed by atoms with Gasteiger partial charge in [-0.05, 0) is 75.5 Å². The van der Waals surface area contributed by atoms with E-state index in [1.54, 1.807) is 6.92 Å². The highest BCUT2D eigenvalue weighted by Crippen LogP contribution is 2.61. The van der Waals surface area contributed by atoms with E-state index >= 15 is 0 Å². The van der Waals surface area contributed by atoms with Crippen molar-refractivity contribution >= 4 is 15.9 Å². The Morgan fingerprint density at radius 1 is 1.05 bits per heavy atom. The van der Waals surface area contributed by atoms with Gasteiger partial charge in [0, 0.05) is 6.04 Å². The predicted molar refractivity (Wildman–Crippen MR) is 85.7 cm³/mol. The highest BCUT2D eigenvalue weighted by atomic mass is 32.2. The third-order valence-electron chi connectivity index (χ3n) is 6.15. The van der Waals surface area contributed by atoms with Gasteiger partial charge in [-0.1, -0.05) is 0 Å². The highest BCUT2D eigenvalue weighted by molar-refractivity contribution is 7.88. The Bertz CT molecular complexity index is 522. The number of hydrogen-bond donors (Lipinski definition) is 2. The number of nitrogens with one attached hydrogen (secondary N) is 2. The number of rotatable bonds is 5. The fourth-order valence-corrected chi connectivity index (χ4v) is 6.32. The normalized spacial score (nSPS) is 39.5. The number of sulfonamides is 1. The van der Waals surface area contributed by atoms with E-state index in [4.69, 9.17) is 0 Å². The maximum atomic E-state index is 12.3. The van der Waals surface area contributed by atoms with E-state index in [0.717, 1.165) is 24.0 Å². The molecule has 0 aliphatic heterocycles. The molecule has 0 aromatic rings. The number of carbonyl (C=O) groups is 1. The monoisotopic (exact) mass is 328 g/mol. The van der Waals surface area contributed by atoms with Crippen LogP contribution in [0.4, 0.5) is 0 Å². The summed E-state index contributed by atoms with van der Waals surface area (Å²) in [5.41, 5.74) is 0.245. The summed E-state index contributed by atoms with van der Waals surface area (Å²) in [6.45, 7) is 3.71. The summed E-state index contributed by atoms with van der Waals surface area (Å²) in [7, 11) is -3.36. The lowest BCUT2D eigenvalue weighted by Gasteiger charge is -2.59. The van der Waals surface area contributed by atoms with Crippen molar-refractivity contribution in [3.63, 3.8) is 0 Å². The maximum Gasteiger partial charge on any atom is 0.238 e. The molecule has 1 amide bonds. The Balaban J connectivity index is 1.64. The molecule has 0 radical (unpaired) electrons. The zero-order chi connectivity index (χ0) is 16.1. The van der Waals surface area contributed by atoms with E-state index in [1.165, 1.54) is 38.5 Å². The molecule has 0 saturated heterocycles. The van der Waals surface area contributed by atoms with E-state index < -0.39 is 16.1 Å². The molecule has 4 rings (SSSR count). The molecule has 126 valence electrons. The quantitative estimate of drug-likeness (QED) is 0.806. The van der Waals surface area contributed by atoms with E-state index in [0.29, 0.717) is 0 Å². The van der Waals surface area contributed by atoms with Crippen LogP contribution in [-0.4, -0.2) is 32.7 Å². The largest absolute Gasteiger partial charge is 0.352 e. The minimum Gasteiger partial charge on any atom is -0.352 e. The Kier molecular flexibility index (Phi) is 4.05. The average Bonchev–Trinajstić information content (AvgIpc) is 2.34. The lowest BCUT2D eigenvalue weighted by atomic mass is 9.48. The number of amides is 1. The van der Waals surface area contributed by atoms with E-state index in [2.05, 4.69) is 17.0 Å². The summed E-state index contributed by atoms with van der Waals surface area (Å²) in [6, 6.07) is -0.594. The van der Waals surface area contributed by atoms with Crippen LogP contribution in [0.1, 0.15) is 52.4 Å². The van der Waals surface area contributed by atoms with Gasteiger partial charge >= 0.3 is 0 Å². The van der Waals surface area contributed by atoms with Gasteiger partial charge in [0.25, 0.3) is 0 Å². The van der Waals surface area contributed by atoms with Gasteiger partial charge < -0.3 is 5.32 Å².